The third-order valence-corrected chi connectivity index (χ3v) is 3.59. The van der Waals surface area contributed by atoms with Gasteiger partial charge in [0.1, 0.15) is 0 Å². The summed E-state index contributed by atoms with van der Waals surface area (Å²) in [5, 5.41) is 0. The van der Waals surface area contributed by atoms with Gasteiger partial charge in [-0.05, 0) is 18.6 Å². The summed E-state index contributed by atoms with van der Waals surface area (Å²) in [6.45, 7) is 2.79. The Hall–Kier alpha value is -2.36. The smallest absolute Gasteiger partial charge is 0.254 e. The van der Waals surface area contributed by atoms with Crippen LogP contribution < -0.4 is 0 Å². The van der Waals surface area contributed by atoms with Crippen molar-refractivity contribution in [2.24, 2.45) is 0 Å². The number of amides is 1. The fourth-order valence-electron chi connectivity index (χ4n) is 2.46. The fourth-order valence-corrected chi connectivity index (χ4v) is 2.46. The van der Waals surface area contributed by atoms with Crippen molar-refractivity contribution in [2.75, 3.05) is 6.54 Å². The molecule has 102 valence electrons. The number of oxazole rings is 1. The Kier molecular flexibility index (Phi) is 3.37. The zero-order chi connectivity index (χ0) is 13.9. The summed E-state index contributed by atoms with van der Waals surface area (Å²) in [7, 11) is 0. The van der Waals surface area contributed by atoms with Gasteiger partial charge in [0.2, 0.25) is 0 Å². The summed E-state index contributed by atoms with van der Waals surface area (Å²) < 4.78 is 5.24. The number of benzene rings is 1. The molecular formula is C16H16N2O2. The Balaban J connectivity index is 1.79. The minimum atomic E-state index is 0.0750. The highest BCUT2D eigenvalue weighted by Gasteiger charge is 2.24. The largest absolute Gasteiger partial charge is 0.444 e. The molecule has 1 aromatic carbocycles. The minimum Gasteiger partial charge on any atom is -0.444 e. The average molecular weight is 268 g/mol. The summed E-state index contributed by atoms with van der Waals surface area (Å²) in [5.41, 5.74) is 1.63. The Morgan fingerprint density at radius 1 is 1.40 bits per heavy atom. The molecule has 1 aromatic heterocycles. The molecule has 0 bridgehead atoms. The molecule has 4 nitrogen and oxygen atoms in total. The third kappa shape index (κ3) is 2.25. The summed E-state index contributed by atoms with van der Waals surface area (Å²) in [5.74, 6) is 0.782. The van der Waals surface area contributed by atoms with Crippen LogP contribution in [0.3, 0.4) is 0 Å². The van der Waals surface area contributed by atoms with Crippen LogP contribution in [0.4, 0.5) is 0 Å². The Labute approximate surface area is 117 Å². The molecule has 0 radical (unpaired) electrons. The van der Waals surface area contributed by atoms with Crippen molar-refractivity contribution in [1.29, 1.82) is 0 Å². The lowest BCUT2D eigenvalue weighted by Gasteiger charge is -2.23. The Morgan fingerprint density at radius 3 is 2.85 bits per heavy atom. The quantitative estimate of drug-likeness (QED) is 0.803. The van der Waals surface area contributed by atoms with Crippen molar-refractivity contribution in [3.8, 4) is 11.3 Å². The van der Waals surface area contributed by atoms with E-state index in [4.69, 9.17) is 4.42 Å². The number of aromatic nitrogens is 1. The maximum Gasteiger partial charge on any atom is 0.254 e. The van der Waals surface area contributed by atoms with Gasteiger partial charge in [0.25, 0.3) is 5.91 Å². The molecule has 1 amide bonds. The first kappa shape index (κ1) is 12.7. The first-order chi connectivity index (χ1) is 9.79. The predicted octanol–water partition coefficient (Wildman–Crippen LogP) is 3.13. The molecule has 0 saturated heterocycles. The molecular weight excluding hydrogens is 252 g/mol. The van der Waals surface area contributed by atoms with Gasteiger partial charge >= 0.3 is 0 Å². The van der Waals surface area contributed by atoms with Crippen LogP contribution in [-0.2, 0) is 0 Å². The first-order valence-electron chi connectivity index (χ1n) is 6.76. The van der Waals surface area contributed by atoms with Crippen LogP contribution in [0.1, 0.15) is 23.7 Å². The maximum atomic E-state index is 12.5. The van der Waals surface area contributed by atoms with E-state index < -0.39 is 0 Å². The first-order valence-corrected chi connectivity index (χ1v) is 6.76. The van der Waals surface area contributed by atoms with Crippen LogP contribution in [0, 0.1) is 0 Å². The topological polar surface area (TPSA) is 46.3 Å². The number of hydrogen-bond acceptors (Lipinski definition) is 3. The molecule has 2 heterocycles. The Bertz CT molecular complexity index is 614. The summed E-state index contributed by atoms with van der Waals surface area (Å²) in [6.07, 6.45) is 8.15. The van der Waals surface area contributed by atoms with Gasteiger partial charge < -0.3 is 9.32 Å². The van der Waals surface area contributed by atoms with Crippen molar-refractivity contribution in [3.05, 3.63) is 54.6 Å². The second-order valence-corrected chi connectivity index (χ2v) is 4.80. The molecule has 1 unspecified atom stereocenters. The van der Waals surface area contributed by atoms with E-state index in [-0.39, 0.29) is 11.9 Å². The minimum absolute atomic E-state index is 0.0750. The normalized spacial score (nSPS) is 17.6. The van der Waals surface area contributed by atoms with E-state index in [1.807, 2.05) is 29.2 Å². The lowest BCUT2D eigenvalue weighted by molar-refractivity contribution is 0.0747. The number of rotatable bonds is 3. The van der Waals surface area contributed by atoms with Gasteiger partial charge in [-0.1, -0.05) is 31.2 Å². The molecule has 3 rings (SSSR count). The van der Waals surface area contributed by atoms with Crippen molar-refractivity contribution in [1.82, 2.24) is 9.88 Å². The van der Waals surface area contributed by atoms with Gasteiger partial charge in [-0.2, -0.15) is 0 Å². The molecule has 0 spiro atoms. The number of carbonyl (C=O) groups is 1. The molecule has 2 aromatic rings. The summed E-state index contributed by atoms with van der Waals surface area (Å²) in [6, 6.07) is 7.67. The summed E-state index contributed by atoms with van der Waals surface area (Å²) in [4.78, 5) is 18.2. The molecule has 0 saturated carbocycles. The molecule has 1 aliphatic rings. The van der Waals surface area contributed by atoms with E-state index in [1.54, 1.807) is 6.20 Å². The second kappa shape index (κ2) is 5.33. The van der Waals surface area contributed by atoms with Crippen molar-refractivity contribution < 1.29 is 9.21 Å². The van der Waals surface area contributed by atoms with Crippen LogP contribution in [0.15, 0.2) is 53.4 Å². The van der Waals surface area contributed by atoms with Crippen LogP contribution in [0.25, 0.3) is 11.3 Å². The van der Waals surface area contributed by atoms with Gasteiger partial charge in [-0.25, -0.2) is 4.98 Å². The van der Waals surface area contributed by atoms with Crippen LogP contribution >= 0.6 is 0 Å². The predicted molar refractivity (Wildman–Crippen MR) is 76.2 cm³/mol. The zero-order valence-corrected chi connectivity index (χ0v) is 11.3. The molecule has 0 N–H and O–H groups in total. The van der Waals surface area contributed by atoms with E-state index in [2.05, 4.69) is 24.1 Å². The van der Waals surface area contributed by atoms with Crippen molar-refractivity contribution in [3.63, 3.8) is 0 Å². The molecule has 1 atom stereocenters. The number of carbonyl (C=O) groups excluding carboxylic acids is 1. The van der Waals surface area contributed by atoms with E-state index >= 15 is 0 Å². The maximum absolute atomic E-state index is 12.5. The number of hydrogen-bond donors (Lipinski definition) is 0. The van der Waals surface area contributed by atoms with Crippen molar-refractivity contribution in [2.45, 2.75) is 19.4 Å². The van der Waals surface area contributed by atoms with Crippen LogP contribution in [0.2, 0.25) is 0 Å². The van der Waals surface area contributed by atoms with Gasteiger partial charge in [0.15, 0.2) is 12.2 Å². The number of nitrogens with zero attached hydrogens (tertiary/aromatic N) is 2. The van der Waals surface area contributed by atoms with E-state index in [0.717, 1.165) is 12.0 Å². The molecule has 1 aliphatic heterocycles. The third-order valence-electron chi connectivity index (χ3n) is 3.59. The van der Waals surface area contributed by atoms with Crippen molar-refractivity contribution >= 4 is 5.91 Å². The summed E-state index contributed by atoms with van der Waals surface area (Å²) >= 11 is 0. The average Bonchev–Trinajstić information content (AvgIpc) is 3.17. The Morgan fingerprint density at radius 2 is 2.20 bits per heavy atom. The van der Waals surface area contributed by atoms with Gasteiger partial charge in [0.05, 0.1) is 12.2 Å². The zero-order valence-electron chi connectivity index (χ0n) is 11.3. The SMILES string of the molecule is CCC1C=CCN1C(=O)c1ccc(-c2cnco2)cc1. The highest BCUT2D eigenvalue weighted by molar-refractivity contribution is 5.95. The molecule has 0 aliphatic carbocycles. The van der Waals surface area contributed by atoms with Gasteiger partial charge in [-0.15, -0.1) is 0 Å². The second-order valence-electron chi connectivity index (χ2n) is 4.80. The lowest BCUT2D eigenvalue weighted by Crippen LogP contribution is -2.35. The lowest BCUT2D eigenvalue weighted by atomic mass is 10.1. The fraction of sp³-hybridized carbons (Fsp3) is 0.250. The molecule has 0 fully saturated rings. The standard InChI is InChI=1S/C16H16N2O2/c1-2-14-4-3-9-18(14)16(19)13-7-5-12(6-8-13)15-10-17-11-20-15/h3-8,10-11,14H,2,9H2,1H3. The monoisotopic (exact) mass is 268 g/mol. The van der Waals surface area contributed by atoms with E-state index in [9.17, 15) is 4.79 Å². The molecule has 20 heavy (non-hydrogen) atoms. The highest BCUT2D eigenvalue weighted by atomic mass is 16.3. The molecule has 4 heteroatoms. The van der Waals surface area contributed by atoms with E-state index in [1.165, 1.54) is 6.39 Å². The van der Waals surface area contributed by atoms with E-state index in [0.29, 0.717) is 17.9 Å². The van der Waals surface area contributed by atoms with Gasteiger partial charge in [-0.3, -0.25) is 4.79 Å². The van der Waals surface area contributed by atoms with Gasteiger partial charge in [0, 0.05) is 17.7 Å². The van der Waals surface area contributed by atoms with Crippen LogP contribution in [-0.4, -0.2) is 28.4 Å². The van der Waals surface area contributed by atoms with Crippen LogP contribution in [0.5, 0.6) is 0 Å². The highest BCUT2D eigenvalue weighted by Crippen LogP contribution is 2.21.